The molecule has 5 unspecified atom stereocenters. The highest BCUT2D eigenvalue weighted by Crippen LogP contribution is 2.52. The zero-order valence-electron chi connectivity index (χ0n) is 22.3. The number of fused-ring (bicyclic) bond motifs is 2. The van der Waals surface area contributed by atoms with Gasteiger partial charge >= 0.3 is 0 Å². The van der Waals surface area contributed by atoms with Gasteiger partial charge in [0.05, 0.1) is 7.11 Å². The number of amides is 1. The average Bonchev–Trinajstić information content (AvgIpc) is 3.12. The lowest BCUT2D eigenvalue weighted by molar-refractivity contribution is -0.137. The van der Waals surface area contributed by atoms with E-state index in [1.54, 1.807) is 7.11 Å². The highest BCUT2D eigenvalue weighted by Gasteiger charge is 2.52. The van der Waals surface area contributed by atoms with E-state index < -0.39 is 0 Å². The van der Waals surface area contributed by atoms with Crippen LogP contribution < -0.4 is 10.1 Å². The molecule has 0 bridgehead atoms. The molecule has 1 aromatic rings. The molecular formula is C29H45N3O2. The SMILES string of the molecule is CCCN1CCC2(c3cccc(OC)c3)C=C3NC(C(=O)N(C(C)C)C(C)C)C(C)C3CC2C1. The standard InChI is InChI=1S/C29H45N3O2/c1-8-13-31-14-12-29(22-10-9-11-24(15-22)34-7)17-26-25(16-23(29)18-31)21(6)27(30-26)28(33)32(19(2)3)20(4)5/h9-11,15,17,19-21,23,25,27,30H,8,12-14,16,18H2,1-7H3. The number of carbonyl (C=O) groups is 1. The summed E-state index contributed by atoms with van der Waals surface area (Å²) >= 11 is 0. The van der Waals surface area contributed by atoms with Crippen LogP contribution in [-0.4, -0.2) is 60.6 Å². The van der Waals surface area contributed by atoms with E-state index in [-0.39, 0.29) is 29.4 Å². The molecule has 2 aliphatic heterocycles. The van der Waals surface area contributed by atoms with Crippen LogP contribution >= 0.6 is 0 Å². The van der Waals surface area contributed by atoms with Gasteiger partial charge in [-0.15, -0.1) is 0 Å². The summed E-state index contributed by atoms with van der Waals surface area (Å²) in [5.41, 5.74) is 2.64. The Morgan fingerprint density at radius 3 is 2.65 bits per heavy atom. The van der Waals surface area contributed by atoms with Crippen molar-refractivity contribution in [2.75, 3.05) is 26.7 Å². The number of carbonyl (C=O) groups excluding carboxylic acids is 1. The van der Waals surface area contributed by atoms with Crippen molar-refractivity contribution in [2.24, 2.45) is 17.8 Å². The molecule has 0 aromatic heterocycles. The number of piperidine rings is 1. The summed E-state index contributed by atoms with van der Waals surface area (Å²) in [6.45, 7) is 16.5. The number of hydrogen-bond donors (Lipinski definition) is 1. The third kappa shape index (κ3) is 4.36. The van der Waals surface area contributed by atoms with Crippen molar-refractivity contribution in [3.05, 3.63) is 41.6 Å². The van der Waals surface area contributed by atoms with Crippen LogP contribution in [0.5, 0.6) is 5.75 Å². The van der Waals surface area contributed by atoms with Crippen molar-refractivity contribution in [2.45, 2.75) is 84.3 Å². The van der Waals surface area contributed by atoms with Gasteiger partial charge in [0.2, 0.25) is 5.91 Å². The molecule has 5 atom stereocenters. The van der Waals surface area contributed by atoms with Gasteiger partial charge in [-0.25, -0.2) is 0 Å². The van der Waals surface area contributed by atoms with E-state index in [4.69, 9.17) is 4.74 Å². The number of nitrogens with one attached hydrogen (secondary N) is 1. The first-order chi connectivity index (χ1) is 16.2. The number of methoxy groups -OCH3 is 1. The molecule has 5 nitrogen and oxygen atoms in total. The van der Waals surface area contributed by atoms with E-state index in [1.165, 1.54) is 24.2 Å². The van der Waals surface area contributed by atoms with Crippen molar-refractivity contribution < 1.29 is 9.53 Å². The minimum Gasteiger partial charge on any atom is -0.497 e. The second-order valence-electron chi connectivity index (χ2n) is 11.4. The minimum absolute atomic E-state index is 0.00887. The number of allylic oxidation sites excluding steroid dienone is 2. The Hall–Kier alpha value is -2.01. The molecule has 2 saturated heterocycles. The van der Waals surface area contributed by atoms with Gasteiger partial charge in [0.15, 0.2) is 0 Å². The summed E-state index contributed by atoms with van der Waals surface area (Å²) in [7, 11) is 1.75. The quantitative estimate of drug-likeness (QED) is 0.624. The summed E-state index contributed by atoms with van der Waals surface area (Å²) in [4.78, 5) is 18.4. The van der Waals surface area contributed by atoms with Crippen molar-refractivity contribution in [3.63, 3.8) is 0 Å². The molecule has 2 fully saturated rings. The molecule has 0 radical (unpaired) electrons. The first kappa shape index (κ1) is 25.1. The Labute approximate surface area is 206 Å². The third-order valence-corrected chi connectivity index (χ3v) is 8.66. The molecule has 1 aromatic carbocycles. The Kier molecular flexibility index (Phi) is 7.33. The van der Waals surface area contributed by atoms with Crippen LogP contribution in [0, 0.1) is 17.8 Å². The lowest BCUT2D eigenvalue weighted by atomic mass is 9.59. The lowest BCUT2D eigenvalue weighted by Crippen LogP contribution is -2.52. The van der Waals surface area contributed by atoms with Crippen molar-refractivity contribution in [1.29, 1.82) is 0 Å². The van der Waals surface area contributed by atoms with Gasteiger partial charge in [-0.1, -0.05) is 32.1 Å². The molecule has 1 amide bonds. The van der Waals surface area contributed by atoms with Gasteiger partial charge in [-0.2, -0.15) is 0 Å². The van der Waals surface area contributed by atoms with E-state index in [1.807, 2.05) is 6.07 Å². The van der Waals surface area contributed by atoms with E-state index in [9.17, 15) is 4.79 Å². The number of nitrogens with zero attached hydrogens (tertiary/aromatic N) is 2. The number of likely N-dealkylation sites (tertiary alicyclic amines) is 1. The van der Waals surface area contributed by atoms with E-state index >= 15 is 0 Å². The first-order valence-corrected chi connectivity index (χ1v) is 13.4. The number of hydrogen-bond acceptors (Lipinski definition) is 4. The maximum Gasteiger partial charge on any atom is 0.245 e. The summed E-state index contributed by atoms with van der Waals surface area (Å²) in [6.07, 6.45) is 5.96. The van der Waals surface area contributed by atoms with Gasteiger partial charge in [-0.05, 0) is 89.6 Å². The van der Waals surface area contributed by atoms with E-state index in [0.29, 0.717) is 17.8 Å². The Balaban J connectivity index is 1.71. The Morgan fingerprint density at radius 1 is 1.26 bits per heavy atom. The Bertz CT molecular complexity index is 902. The molecule has 0 saturated carbocycles. The van der Waals surface area contributed by atoms with Crippen LogP contribution in [0.3, 0.4) is 0 Å². The zero-order chi connectivity index (χ0) is 24.6. The highest BCUT2D eigenvalue weighted by atomic mass is 16.5. The van der Waals surface area contributed by atoms with Crippen LogP contribution in [0.2, 0.25) is 0 Å². The maximum atomic E-state index is 13.7. The number of benzene rings is 1. The summed E-state index contributed by atoms with van der Waals surface area (Å²) in [5, 5.41) is 3.75. The monoisotopic (exact) mass is 467 g/mol. The van der Waals surface area contributed by atoms with Crippen LogP contribution in [0.25, 0.3) is 0 Å². The van der Waals surface area contributed by atoms with E-state index in [2.05, 4.69) is 80.9 Å². The topological polar surface area (TPSA) is 44.8 Å². The third-order valence-electron chi connectivity index (χ3n) is 8.66. The Morgan fingerprint density at radius 2 is 2.00 bits per heavy atom. The van der Waals surface area contributed by atoms with E-state index in [0.717, 1.165) is 31.7 Å². The molecule has 3 aliphatic rings. The van der Waals surface area contributed by atoms with Crippen LogP contribution in [0.4, 0.5) is 0 Å². The van der Waals surface area contributed by atoms with Crippen LogP contribution in [-0.2, 0) is 10.2 Å². The first-order valence-electron chi connectivity index (χ1n) is 13.4. The zero-order valence-corrected chi connectivity index (χ0v) is 22.3. The average molecular weight is 468 g/mol. The molecule has 5 heteroatoms. The van der Waals surface area contributed by atoms with Gasteiger partial charge in [0.25, 0.3) is 0 Å². The lowest BCUT2D eigenvalue weighted by Gasteiger charge is -2.51. The molecule has 34 heavy (non-hydrogen) atoms. The molecule has 188 valence electrons. The predicted molar refractivity (Wildman–Crippen MR) is 139 cm³/mol. The fraction of sp³-hybridized carbons (Fsp3) is 0.690. The molecule has 0 spiro atoms. The molecule has 1 aliphatic carbocycles. The molecule has 4 rings (SSSR count). The van der Waals surface area contributed by atoms with Crippen LogP contribution in [0.15, 0.2) is 36.0 Å². The van der Waals surface area contributed by atoms with Gasteiger partial charge in [-0.3, -0.25) is 4.79 Å². The minimum atomic E-state index is -0.143. The van der Waals surface area contributed by atoms with Gasteiger partial charge < -0.3 is 19.9 Å². The fourth-order valence-corrected chi connectivity index (χ4v) is 7.04. The summed E-state index contributed by atoms with van der Waals surface area (Å²) in [5.74, 6) is 2.42. The largest absolute Gasteiger partial charge is 0.497 e. The van der Waals surface area contributed by atoms with Crippen molar-refractivity contribution in [1.82, 2.24) is 15.1 Å². The van der Waals surface area contributed by atoms with Crippen molar-refractivity contribution >= 4 is 5.91 Å². The van der Waals surface area contributed by atoms with Gasteiger partial charge in [0.1, 0.15) is 11.8 Å². The van der Waals surface area contributed by atoms with Gasteiger partial charge in [0, 0.05) is 35.7 Å². The summed E-state index contributed by atoms with van der Waals surface area (Å²) < 4.78 is 5.61. The van der Waals surface area contributed by atoms with Crippen LogP contribution in [0.1, 0.15) is 66.4 Å². The number of ether oxygens (including phenoxy) is 1. The number of rotatable bonds is 7. The van der Waals surface area contributed by atoms with Crippen molar-refractivity contribution in [3.8, 4) is 5.75 Å². The molecule has 1 N–H and O–H groups in total. The smallest absolute Gasteiger partial charge is 0.245 e. The second-order valence-corrected chi connectivity index (χ2v) is 11.4. The normalized spacial score (nSPS) is 31.0. The molecule has 2 heterocycles. The summed E-state index contributed by atoms with van der Waals surface area (Å²) in [6, 6.07) is 8.94. The predicted octanol–water partition coefficient (Wildman–Crippen LogP) is 4.82. The maximum absolute atomic E-state index is 13.7. The second kappa shape index (κ2) is 9.93. The fourth-order valence-electron chi connectivity index (χ4n) is 7.04. The molecular weight excluding hydrogens is 422 g/mol. The highest BCUT2D eigenvalue weighted by molar-refractivity contribution is 5.84.